The minimum atomic E-state index is -0.132. The molecule has 3 rings (SSSR count). The second-order valence-corrected chi connectivity index (χ2v) is 6.20. The van der Waals surface area contributed by atoms with Gasteiger partial charge >= 0.3 is 0 Å². The first-order valence-electron chi connectivity index (χ1n) is 6.99. The molecule has 4 heteroatoms. The Labute approximate surface area is 134 Å². The highest BCUT2D eigenvalue weighted by Crippen LogP contribution is 2.26. The van der Waals surface area contributed by atoms with Gasteiger partial charge < -0.3 is 4.57 Å². The van der Waals surface area contributed by atoms with Gasteiger partial charge in [0.25, 0.3) is 0 Å². The third kappa shape index (κ3) is 3.07. The minimum Gasteiger partial charge on any atom is -0.326 e. The summed E-state index contributed by atoms with van der Waals surface area (Å²) in [6.45, 7) is 2.80. The number of aromatic nitrogens is 2. The Kier molecular flexibility index (Phi) is 4.18. The minimum absolute atomic E-state index is 0.132. The molecule has 0 fully saturated rings. The van der Waals surface area contributed by atoms with Gasteiger partial charge in [-0.25, -0.2) is 4.98 Å². The van der Waals surface area contributed by atoms with Gasteiger partial charge in [-0.3, -0.25) is 0 Å². The van der Waals surface area contributed by atoms with Crippen LogP contribution in [0.4, 0.5) is 0 Å². The van der Waals surface area contributed by atoms with Gasteiger partial charge in [-0.2, -0.15) is 0 Å². The van der Waals surface area contributed by atoms with Crippen LogP contribution in [0.2, 0.25) is 5.02 Å². The van der Waals surface area contributed by atoms with Crippen LogP contribution in [0, 0.1) is 0 Å². The van der Waals surface area contributed by atoms with Crippen molar-refractivity contribution in [2.24, 2.45) is 0 Å². The first-order chi connectivity index (χ1) is 10.1. The molecule has 1 atom stereocenters. The number of imidazole rings is 1. The zero-order valence-electron chi connectivity index (χ0n) is 11.8. The molecule has 0 saturated heterocycles. The Morgan fingerprint density at radius 3 is 2.62 bits per heavy atom. The van der Waals surface area contributed by atoms with Crippen LogP contribution in [0.1, 0.15) is 23.7 Å². The summed E-state index contributed by atoms with van der Waals surface area (Å²) in [5.74, 6) is 0.893. The molecule has 0 aliphatic heterocycles. The maximum Gasteiger partial charge on any atom is 0.127 e. The van der Waals surface area contributed by atoms with Crippen LogP contribution < -0.4 is 0 Å². The third-order valence-electron chi connectivity index (χ3n) is 3.56. The van der Waals surface area contributed by atoms with E-state index in [2.05, 4.69) is 33.8 Å². The molecule has 0 aliphatic carbocycles. The van der Waals surface area contributed by atoms with E-state index in [0.717, 1.165) is 29.8 Å². The molecule has 2 aromatic carbocycles. The molecule has 3 aromatic rings. The highest BCUT2D eigenvalue weighted by atomic mass is 35.5. The number of rotatable bonds is 4. The smallest absolute Gasteiger partial charge is 0.127 e. The summed E-state index contributed by atoms with van der Waals surface area (Å²) in [5, 5.41) is 0.566. The summed E-state index contributed by atoms with van der Waals surface area (Å²) in [7, 11) is 0. The zero-order chi connectivity index (χ0) is 14.8. The second-order valence-electron chi connectivity index (χ2n) is 5.11. The van der Waals surface area contributed by atoms with Gasteiger partial charge in [0.2, 0.25) is 0 Å². The number of nitrogens with zero attached hydrogens (tertiary/aromatic N) is 2. The van der Waals surface area contributed by atoms with E-state index in [0.29, 0.717) is 5.02 Å². The number of hydrogen-bond acceptors (Lipinski definition) is 1. The molecular formula is C17H16Cl2N2. The van der Waals surface area contributed by atoms with Gasteiger partial charge in [0.1, 0.15) is 5.82 Å². The molecule has 1 unspecified atom stereocenters. The SMILES string of the molecule is CC(Cl)c1nc2cc(Cl)ccc2n1CCc1ccccc1. The standard InChI is InChI=1S/C17H16Cl2N2/c1-12(18)17-20-15-11-14(19)7-8-16(15)21(17)10-9-13-5-3-2-4-6-13/h2-8,11-12H,9-10H2,1H3. The van der Waals surface area contributed by atoms with Crippen molar-refractivity contribution >= 4 is 34.2 Å². The lowest BCUT2D eigenvalue weighted by molar-refractivity contribution is 0.668. The highest BCUT2D eigenvalue weighted by Gasteiger charge is 2.15. The van der Waals surface area contributed by atoms with Crippen LogP contribution in [-0.4, -0.2) is 9.55 Å². The Bertz CT molecular complexity index is 748. The summed E-state index contributed by atoms with van der Waals surface area (Å²) in [6.07, 6.45) is 0.950. The Morgan fingerprint density at radius 2 is 1.90 bits per heavy atom. The zero-order valence-corrected chi connectivity index (χ0v) is 13.3. The largest absolute Gasteiger partial charge is 0.326 e. The molecule has 0 radical (unpaired) electrons. The molecule has 0 N–H and O–H groups in total. The molecule has 0 bridgehead atoms. The molecule has 1 aromatic heterocycles. The molecule has 0 aliphatic rings. The Morgan fingerprint density at radius 1 is 1.14 bits per heavy atom. The monoisotopic (exact) mass is 318 g/mol. The predicted octanol–water partition coefficient (Wildman–Crippen LogP) is 5.23. The summed E-state index contributed by atoms with van der Waals surface area (Å²) in [6, 6.07) is 16.2. The average Bonchev–Trinajstić information content (AvgIpc) is 2.84. The summed E-state index contributed by atoms with van der Waals surface area (Å²) >= 11 is 12.3. The molecule has 108 valence electrons. The number of aryl methyl sites for hydroxylation is 2. The van der Waals surface area contributed by atoms with E-state index in [1.54, 1.807) is 0 Å². The number of benzene rings is 2. The summed E-state index contributed by atoms with van der Waals surface area (Å²) in [4.78, 5) is 4.63. The van der Waals surface area contributed by atoms with E-state index < -0.39 is 0 Å². The lowest BCUT2D eigenvalue weighted by Crippen LogP contribution is -2.06. The molecule has 0 saturated carbocycles. The van der Waals surface area contributed by atoms with Crippen LogP contribution in [0.5, 0.6) is 0 Å². The lowest BCUT2D eigenvalue weighted by atomic mass is 10.1. The number of fused-ring (bicyclic) bond motifs is 1. The van der Waals surface area contributed by atoms with E-state index in [4.69, 9.17) is 23.2 Å². The predicted molar refractivity (Wildman–Crippen MR) is 89.2 cm³/mol. The van der Waals surface area contributed by atoms with Crippen molar-refractivity contribution in [1.29, 1.82) is 0 Å². The van der Waals surface area contributed by atoms with Crippen molar-refractivity contribution in [3.63, 3.8) is 0 Å². The molecule has 21 heavy (non-hydrogen) atoms. The van der Waals surface area contributed by atoms with Gasteiger partial charge in [-0.05, 0) is 37.1 Å². The number of hydrogen-bond donors (Lipinski definition) is 0. The van der Waals surface area contributed by atoms with Crippen molar-refractivity contribution in [2.75, 3.05) is 0 Å². The van der Waals surface area contributed by atoms with Crippen LogP contribution in [-0.2, 0) is 13.0 Å². The highest BCUT2D eigenvalue weighted by molar-refractivity contribution is 6.31. The van der Waals surface area contributed by atoms with Crippen molar-refractivity contribution in [3.8, 4) is 0 Å². The quantitative estimate of drug-likeness (QED) is 0.602. The van der Waals surface area contributed by atoms with Gasteiger partial charge in [0.05, 0.1) is 16.4 Å². The fourth-order valence-corrected chi connectivity index (χ4v) is 2.88. The van der Waals surface area contributed by atoms with Crippen LogP contribution in [0.3, 0.4) is 0 Å². The van der Waals surface area contributed by atoms with Crippen molar-refractivity contribution in [2.45, 2.75) is 25.3 Å². The third-order valence-corrected chi connectivity index (χ3v) is 3.99. The topological polar surface area (TPSA) is 17.8 Å². The van der Waals surface area contributed by atoms with Crippen molar-refractivity contribution in [3.05, 3.63) is 64.9 Å². The fourth-order valence-electron chi connectivity index (χ4n) is 2.55. The van der Waals surface area contributed by atoms with E-state index >= 15 is 0 Å². The molecule has 1 heterocycles. The normalized spacial score (nSPS) is 12.7. The molecule has 2 nitrogen and oxygen atoms in total. The second kappa shape index (κ2) is 6.08. The number of alkyl halides is 1. The number of halogens is 2. The average molecular weight is 319 g/mol. The van der Waals surface area contributed by atoms with Crippen molar-refractivity contribution in [1.82, 2.24) is 9.55 Å². The van der Waals surface area contributed by atoms with Crippen molar-refractivity contribution < 1.29 is 0 Å². The summed E-state index contributed by atoms with van der Waals surface area (Å²) in [5.41, 5.74) is 3.29. The first kappa shape index (κ1) is 14.4. The van der Waals surface area contributed by atoms with E-state index in [1.165, 1.54) is 5.56 Å². The van der Waals surface area contributed by atoms with Gasteiger partial charge in [-0.15, -0.1) is 11.6 Å². The maximum absolute atomic E-state index is 6.28. The molecule has 0 amide bonds. The van der Waals surface area contributed by atoms with E-state index in [-0.39, 0.29) is 5.38 Å². The maximum atomic E-state index is 6.28. The fraction of sp³-hybridized carbons (Fsp3) is 0.235. The molecular weight excluding hydrogens is 303 g/mol. The van der Waals surface area contributed by atoms with Crippen LogP contribution >= 0.6 is 23.2 Å². The van der Waals surface area contributed by atoms with E-state index in [9.17, 15) is 0 Å². The Balaban J connectivity index is 1.97. The lowest BCUT2D eigenvalue weighted by Gasteiger charge is -2.10. The Hall–Kier alpha value is -1.51. The molecule has 0 spiro atoms. The van der Waals surface area contributed by atoms with Gasteiger partial charge in [0.15, 0.2) is 0 Å². The van der Waals surface area contributed by atoms with E-state index in [1.807, 2.05) is 31.2 Å². The summed E-state index contributed by atoms with van der Waals surface area (Å²) < 4.78 is 2.19. The first-order valence-corrected chi connectivity index (χ1v) is 7.80. The van der Waals surface area contributed by atoms with Crippen LogP contribution in [0.25, 0.3) is 11.0 Å². The van der Waals surface area contributed by atoms with Gasteiger partial charge in [0, 0.05) is 11.6 Å². The van der Waals surface area contributed by atoms with Crippen LogP contribution in [0.15, 0.2) is 48.5 Å². The van der Waals surface area contributed by atoms with Gasteiger partial charge in [-0.1, -0.05) is 41.9 Å².